The van der Waals surface area contributed by atoms with Crippen LogP contribution in [0.4, 0.5) is 11.4 Å². The van der Waals surface area contributed by atoms with Gasteiger partial charge in [-0.1, -0.05) is 72.8 Å². The first kappa shape index (κ1) is 25.6. The number of nitrogens with zero attached hydrogens (tertiary/aromatic N) is 2. The van der Waals surface area contributed by atoms with Crippen LogP contribution < -0.4 is 14.5 Å². The molecule has 0 N–H and O–H groups in total. The minimum Gasteiger partial charge on any atom is -0.495 e. The number of amides is 2. The maximum atomic E-state index is 13.7. The molecule has 0 bridgehead atoms. The van der Waals surface area contributed by atoms with Gasteiger partial charge in [-0.15, -0.1) is 11.8 Å². The molecule has 1 atom stereocenters. The second kappa shape index (κ2) is 12.0. The highest BCUT2D eigenvalue weighted by Gasteiger charge is 2.35. The Labute approximate surface area is 228 Å². The Bertz CT molecular complexity index is 1380. The Kier molecular flexibility index (Phi) is 8.09. The topological polar surface area (TPSA) is 49.9 Å². The number of hydrogen-bond acceptors (Lipinski definition) is 4. The number of ether oxygens (including phenoxy) is 1. The molecule has 1 aliphatic rings. The first-order valence-corrected chi connectivity index (χ1v) is 13.8. The van der Waals surface area contributed by atoms with Crippen LogP contribution >= 0.6 is 11.8 Å². The van der Waals surface area contributed by atoms with Crippen LogP contribution in [0.25, 0.3) is 0 Å². The van der Waals surface area contributed by atoms with Gasteiger partial charge in [-0.05, 0) is 60.4 Å². The largest absolute Gasteiger partial charge is 0.495 e. The van der Waals surface area contributed by atoms with Crippen molar-refractivity contribution in [3.63, 3.8) is 0 Å². The molecule has 2 amide bonds. The number of rotatable bonds is 9. The Morgan fingerprint density at radius 3 is 2.26 bits per heavy atom. The summed E-state index contributed by atoms with van der Waals surface area (Å²) in [6, 6.07) is 35.4. The van der Waals surface area contributed by atoms with Crippen LogP contribution in [0, 0.1) is 0 Å². The number of methoxy groups -OCH3 is 1. The van der Waals surface area contributed by atoms with Gasteiger partial charge in [-0.25, -0.2) is 0 Å². The van der Waals surface area contributed by atoms with Gasteiger partial charge in [0.25, 0.3) is 5.91 Å². The third-order valence-electron chi connectivity index (χ3n) is 6.66. The Morgan fingerprint density at radius 2 is 1.55 bits per heavy atom. The van der Waals surface area contributed by atoms with Crippen molar-refractivity contribution < 1.29 is 14.3 Å². The maximum Gasteiger partial charge on any atom is 0.258 e. The van der Waals surface area contributed by atoms with Crippen molar-refractivity contribution in [1.82, 2.24) is 0 Å². The molecule has 1 fully saturated rings. The molecular formula is C32H30N2O3S. The average Bonchev–Trinajstić information content (AvgIpc) is 3.37. The van der Waals surface area contributed by atoms with Gasteiger partial charge in [0.05, 0.1) is 18.6 Å². The minimum atomic E-state index is -0.181. The summed E-state index contributed by atoms with van der Waals surface area (Å²) < 4.78 is 5.52. The van der Waals surface area contributed by atoms with Crippen molar-refractivity contribution in [3.8, 4) is 5.75 Å². The first-order chi connectivity index (χ1) is 18.7. The fraction of sp³-hybridized carbons (Fsp3) is 0.188. The van der Waals surface area contributed by atoms with Crippen LogP contribution in [0.5, 0.6) is 5.75 Å². The number of aryl methyl sites for hydroxylation is 1. The second-order valence-electron chi connectivity index (χ2n) is 9.10. The zero-order valence-corrected chi connectivity index (χ0v) is 22.1. The minimum absolute atomic E-state index is 0.0347. The van der Waals surface area contributed by atoms with Crippen LogP contribution in [-0.4, -0.2) is 31.2 Å². The summed E-state index contributed by atoms with van der Waals surface area (Å²) in [5.74, 6) is 1.06. The summed E-state index contributed by atoms with van der Waals surface area (Å²) in [5, 5.41) is -0.181. The van der Waals surface area contributed by atoms with E-state index in [1.165, 1.54) is 5.56 Å². The third-order valence-corrected chi connectivity index (χ3v) is 7.87. The van der Waals surface area contributed by atoms with E-state index in [1.54, 1.807) is 23.8 Å². The van der Waals surface area contributed by atoms with E-state index in [-0.39, 0.29) is 17.2 Å². The van der Waals surface area contributed by atoms with E-state index in [4.69, 9.17) is 4.74 Å². The molecule has 1 aliphatic heterocycles. The summed E-state index contributed by atoms with van der Waals surface area (Å²) in [6.45, 7) is 0.619. The van der Waals surface area contributed by atoms with E-state index in [0.29, 0.717) is 23.6 Å². The maximum absolute atomic E-state index is 13.7. The van der Waals surface area contributed by atoms with Crippen molar-refractivity contribution >= 4 is 35.0 Å². The summed E-state index contributed by atoms with van der Waals surface area (Å²) in [7, 11) is 1.61. The monoisotopic (exact) mass is 522 g/mol. The van der Waals surface area contributed by atoms with Gasteiger partial charge in [-0.2, -0.15) is 0 Å². The molecule has 0 radical (unpaired) electrons. The van der Waals surface area contributed by atoms with Crippen molar-refractivity contribution in [2.45, 2.75) is 18.2 Å². The Balaban J connectivity index is 1.35. The van der Waals surface area contributed by atoms with E-state index in [2.05, 4.69) is 12.1 Å². The van der Waals surface area contributed by atoms with Crippen molar-refractivity contribution in [3.05, 3.63) is 126 Å². The predicted octanol–water partition coefficient (Wildman–Crippen LogP) is 6.75. The zero-order chi connectivity index (χ0) is 26.3. The molecule has 0 aromatic heterocycles. The lowest BCUT2D eigenvalue weighted by atomic mass is 10.1. The average molecular weight is 523 g/mol. The second-order valence-corrected chi connectivity index (χ2v) is 10.2. The lowest BCUT2D eigenvalue weighted by molar-refractivity contribution is -0.115. The van der Waals surface area contributed by atoms with Crippen molar-refractivity contribution in [2.24, 2.45) is 0 Å². The molecule has 5 rings (SSSR count). The molecule has 192 valence electrons. The molecule has 0 spiro atoms. The van der Waals surface area contributed by atoms with E-state index < -0.39 is 0 Å². The van der Waals surface area contributed by atoms with Crippen molar-refractivity contribution in [1.29, 1.82) is 0 Å². The summed E-state index contributed by atoms with van der Waals surface area (Å²) >= 11 is 1.58. The summed E-state index contributed by atoms with van der Waals surface area (Å²) in [4.78, 5) is 30.2. The number of hydrogen-bond donors (Lipinski definition) is 0. The van der Waals surface area contributed by atoms with Gasteiger partial charge >= 0.3 is 0 Å². The molecule has 0 aliphatic carbocycles. The number of thioether (sulfide) groups is 1. The fourth-order valence-corrected chi connectivity index (χ4v) is 5.92. The standard InChI is InChI=1S/C32H30N2O3S/c1-37-29-17-9-8-16-28(29)34-30(35)23-38-32(34)26-20-18-25(19-21-26)31(36)33(27-14-6-3-7-15-27)22-10-13-24-11-4-2-5-12-24/h2-9,11-12,14-21,32H,10,13,22-23H2,1H3. The Morgan fingerprint density at radius 1 is 0.895 bits per heavy atom. The molecule has 1 unspecified atom stereocenters. The van der Waals surface area contributed by atoms with Gasteiger partial charge in [0.15, 0.2) is 0 Å². The molecular weight excluding hydrogens is 492 g/mol. The third kappa shape index (κ3) is 5.60. The molecule has 5 nitrogen and oxygen atoms in total. The quantitative estimate of drug-likeness (QED) is 0.244. The van der Waals surface area contributed by atoms with Crippen LogP contribution in [0.15, 0.2) is 109 Å². The Hall–Kier alpha value is -4.03. The number of para-hydroxylation sites is 3. The van der Waals surface area contributed by atoms with Gasteiger partial charge in [0.2, 0.25) is 5.91 Å². The molecule has 6 heteroatoms. The molecule has 38 heavy (non-hydrogen) atoms. The fourth-order valence-electron chi connectivity index (χ4n) is 4.75. The normalized spacial score (nSPS) is 14.9. The predicted molar refractivity (Wildman–Crippen MR) is 155 cm³/mol. The highest BCUT2D eigenvalue weighted by atomic mass is 32.2. The lowest BCUT2D eigenvalue weighted by Crippen LogP contribution is -2.32. The number of carbonyl (C=O) groups is 2. The van der Waals surface area contributed by atoms with Gasteiger partial charge in [0, 0.05) is 17.8 Å². The highest BCUT2D eigenvalue weighted by Crippen LogP contribution is 2.44. The van der Waals surface area contributed by atoms with E-state index in [9.17, 15) is 9.59 Å². The van der Waals surface area contributed by atoms with Crippen LogP contribution in [0.1, 0.15) is 33.3 Å². The first-order valence-electron chi connectivity index (χ1n) is 12.7. The molecule has 1 saturated heterocycles. The highest BCUT2D eigenvalue weighted by molar-refractivity contribution is 8.00. The van der Waals surface area contributed by atoms with E-state index in [1.807, 2.05) is 102 Å². The zero-order valence-electron chi connectivity index (χ0n) is 21.3. The summed E-state index contributed by atoms with van der Waals surface area (Å²) in [6.07, 6.45) is 1.76. The van der Waals surface area contributed by atoms with E-state index in [0.717, 1.165) is 29.8 Å². The molecule has 4 aromatic rings. The summed E-state index contributed by atoms with van der Waals surface area (Å²) in [5.41, 5.74) is 4.49. The van der Waals surface area contributed by atoms with Crippen LogP contribution in [-0.2, 0) is 11.2 Å². The number of benzene rings is 4. The van der Waals surface area contributed by atoms with Crippen LogP contribution in [0.3, 0.4) is 0 Å². The molecule has 0 saturated carbocycles. The molecule has 1 heterocycles. The van der Waals surface area contributed by atoms with Gasteiger partial charge in [0.1, 0.15) is 11.1 Å². The van der Waals surface area contributed by atoms with E-state index >= 15 is 0 Å². The van der Waals surface area contributed by atoms with Gasteiger partial charge in [-0.3, -0.25) is 14.5 Å². The van der Waals surface area contributed by atoms with Crippen molar-refractivity contribution in [2.75, 3.05) is 29.2 Å². The lowest BCUT2D eigenvalue weighted by Gasteiger charge is -2.26. The smallest absolute Gasteiger partial charge is 0.258 e. The number of anilines is 2. The van der Waals surface area contributed by atoms with Gasteiger partial charge < -0.3 is 9.64 Å². The number of carbonyl (C=O) groups excluding carboxylic acids is 2. The van der Waals surface area contributed by atoms with Crippen LogP contribution in [0.2, 0.25) is 0 Å². The SMILES string of the molecule is COc1ccccc1N1C(=O)CSC1c1ccc(C(=O)N(CCCc2ccccc2)c2ccccc2)cc1. The molecule has 4 aromatic carbocycles.